The molecule has 0 aliphatic carbocycles. The zero-order chi connectivity index (χ0) is 95.2. The van der Waals surface area contributed by atoms with Gasteiger partial charge in [0, 0.05) is 121 Å². The Labute approximate surface area is 816 Å². The third-order valence-electron chi connectivity index (χ3n) is 27.8. The summed E-state index contributed by atoms with van der Waals surface area (Å²) in [6, 6.07) is 167. The lowest BCUT2D eigenvalue weighted by atomic mass is 9.93. The minimum atomic E-state index is -0.410. The molecule has 24 aromatic carbocycles. The fourth-order valence-electron chi connectivity index (χ4n) is 21.2. The first kappa shape index (κ1) is 75.3. The minimum Gasteiger partial charge on any atom is -0.456 e. The van der Waals surface area contributed by atoms with Crippen molar-refractivity contribution in [2.24, 2.45) is 0 Å². The monoisotopic (exact) mass is 1810 g/mol. The van der Waals surface area contributed by atoms with E-state index in [4.69, 9.17) is 11.3 Å². The van der Waals surface area contributed by atoms with Gasteiger partial charge in [-0.25, -0.2) is 0 Å². The highest BCUT2D eigenvalue weighted by Gasteiger charge is 2.25. The van der Waals surface area contributed by atoms with Crippen LogP contribution in [-0.4, -0.2) is 0 Å². The summed E-state index contributed by atoms with van der Waals surface area (Å²) in [5.41, 5.74) is 24.8. The van der Waals surface area contributed by atoms with Gasteiger partial charge in [-0.15, -0.1) is 34.0 Å². The summed E-state index contributed by atoms with van der Waals surface area (Å²) >= 11 is 5.69. The number of rotatable bonds is 14. The average molecular weight is 1810 g/mol. The number of para-hydroxylation sites is 1. The molecule has 3 nitrogen and oxygen atoms in total. The van der Waals surface area contributed by atoms with Gasteiger partial charge in [0.1, 0.15) is 11.2 Å². The second-order valence-corrected chi connectivity index (χ2v) is 38.7. The molecule has 28 rings (SSSR count). The Bertz CT molecular complexity index is 10000. The van der Waals surface area contributed by atoms with E-state index in [0.29, 0.717) is 5.56 Å². The molecule has 0 atom stereocenters. The van der Waals surface area contributed by atoms with Crippen molar-refractivity contribution in [3.8, 4) is 89.0 Å². The van der Waals surface area contributed by atoms with E-state index >= 15 is 0 Å². The highest BCUT2D eigenvalue weighted by molar-refractivity contribution is 7.28. The number of hydrogen-bond donors (Lipinski definition) is 0. The van der Waals surface area contributed by atoms with Crippen LogP contribution >= 0.6 is 34.0 Å². The van der Waals surface area contributed by atoms with Gasteiger partial charge in [0.25, 0.3) is 0 Å². The summed E-state index contributed by atoms with van der Waals surface area (Å²) in [7, 11) is 0. The van der Waals surface area contributed by atoms with Gasteiger partial charge in [-0.05, 0) is 247 Å². The van der Waals surface area contributed by atoms with Crippen molar-refractivity contribution in [3.63, 3.8) is 0 Å². The number of fused-ring (bicyclic) bond motifs is 22. The number of nitrogens with zero attached hydrogens (tertiary/aromatic N) is 2. The molecule has 0 unspecified atom stereocenters. The molecular formula is C132H82N2OS3. The van der Waals surface area contributed by atoms with Crippen molar-refractivity contribution in [3.05, 3.63) is 497 Å². The van der Waals surface area contributed by atoms with Crippen LogP contribution in [0, 0.1) is 0 Å². The molecule has 0 fully saturated rings. The van der Waals surface area contributed by atoms with Crippen LogP contribution in [0.15, 0.2) is 502 Å². The van der Waals surface area contributed by atoms with E-state index in [9.17, 15) is 0 Å². The third-order valence-corrected chi connectivity index (χ3v) is 31.6. The first-order valence-corrected chi connectivity index (χ1v) is 49.2. The zero-order valence-corrected chi connectivity index (χ0v) is 76.9. The van der Waals surface area contributed by atoms with Crippen molar-refractivity contribution < 1.29 is 11.3 Å². The summed E-state index contributed by atoms with van der Waals surface area (Å²) in [6.07, 6.45) is 0. The van der Waals surface area contributed by atoms with Crippen LogP contribution < -0.4 is 9.80 Å². The fraction of sp³-hybridized carbons (Fsp3) is 0. The van der Waals surface area contributed by atoms with Gasteiger partial charge in [-0.3, -0.25) is 0 Å². The Morgan fingerprint density at radius 2 is 0.543 bits per heavy atom. The zero-order valence-electron chi connectivity index (χ0n) is 79.5. The fourth-order valence-corrected chi connectivity index (χ4v) is 25.1. The second kappa shape index (κ2) is 33.5. The van der Waals surface area contributed by atoms with Crippen LogP contribution in [-0.2, 0) is 0 Å². The SMILES string of the molecule is [2H]c1c([2H])c([2H])c(-c2ccc(N(c3ccc(-c4cccc(-c5ccc6oc7ccccc7c6c5)c4)cc3)c3ccc(-c4cccc(-c5cc6c7ccc8ccccc8c7sc6c6ccccc56)c4)cc3)cc2)c([2H])c1[2H].c1ccc2c(-c3ccc(N(c4ccc(-c5cc6c7ccccc7sc6c6ccccc56)cc4)c4ccc(-c5cccc6c5sc5c7ccccc7ccc65)c5ccccc45)cc3)cccc2c1. The first-order valence-electron chi connectivity index (χ1n) is 49.2. The van der Waals surface area contributed by atoms with E-state index in [0.717, 1.165) is 95.0 Å². The highest BCUT2D eigenvalue weighted by atomic mass is 32.1. The summed E-state index contributed by atoms with van der Waals surface area (Å²) in [5.74, 6) is 0. The summed E-state index contributed by atoms with van der Waals surface area (Å²) in [4.78, 5) is 4.63. The number of hydrogen-bond acceptors (Lipinski definition) is 6. The van der Waals surface area contributed by atoms with E-state index in [1.165, 1.54) is 164 Å². The normalized spacial score (nSPS) is 12.3. The van der Waals surface area contributed by atoms with Gasteiger partial charge in [0.15, 0.2) is 0 Å². The Hall–Kier alpha value is -17.1. The van der Waals surface area contributed by atoms with Crippen LogP contribution in [0.25, 0.3) is 236 Å². The summed E-state index contributed by atoms with van der Waals surface area (Å²) in [6.45, 7) is 0. The number of thiophene rings is 3. The van der Waals surface area contributed by atoms with Crippen LogP contribution in [0.2, 0.25) is 0 Å². The third kappa shape index (κ3) is 13.9. The van der Waals surface area contributed by atoms with Gasteiger partial charge in [0.2, 0.25) is 0 Å². The maximum atomic E-state index is 8.67. The first-order chi connectivity index (χ1) is 70.5. The topological polar surface area (TPSA) is 19.6 Å². The Morgan fingerprint density at radius 3 is 1.16 bits per heavy atom. The van der Waals surface area contributed by atoms with Crippen LogP contribution in [0.4, 0.5) is 34.1 Å². The molecule has 0 N–H and O–H groups in total. The van der Waals surface area contributed by atoms with Crippen molar-refractivity contribution >= 4 is 215 Å². The Kier molecular flexibility index (Phi) is 18.3. The maximum absolute atomic E-state index is 8.67. The van der Waals surface area contributed by atoms with E-state index in [-0.39, 0.29) is 29.7 Å². The summed E-state index contributed by atoms with van der Waals surface area (Å²) in [5, 5.41) is 25.1. The van der Waals surface area contributed by atoms with E-state index in [2.05, 4.69) is 434 Å². The van der Waals surface area contributed by atoms with Gasteiger partial charge in [-0.1, -0.05) is 382 Å². The van der Waals surface area contributed by atoms with E-state index in [1.807, 2.05) is 76.5 Å². The predicted octanol–water partition coefficient (Wildman–Crippen LogP) is 39.6. The predicted molar refractivity (Wildman–Crippen MR) is 597 cm³/mol. The molecule has 0 bridgehead atoms. The molecule has 6 heteroatoms. The van der Waals surface area contributed by atoms with Gasteiger partial charge in [-0.2, -0.15) is 0 Å². The lowest BCUT2D eigenvalue weighted by Gasteiger charge is -2.28. The smallest absolute Gasteiger partial charge is 0.135 e. The van der Waals surface area contributed by atoms with Gasteiger partial charge in [0.05, 0.1) is 12.5 Å². The lowest BCUT2D eigenvalue weighted by Crippen LogP contribution is -2.10. The van der Waals surface area contributed by atoms with E-state index in [1.54, 1.807) is 0 Å². The van der Waals surface area contributed by atoms with Crippen molar-refractivity contribution in [1.82, 2.24) is 0 Å². The quantitative estimate of drug-likeness (QED) is 0.108. The van der Waals surface area contributed by atoms with Crippen molar-refractivity contribution in [2.45, 2.75) is 0 Å². The van der Waals surface area contributed by atoms with Crippen LogP contribution in [0.3, 0.4) is 0 Å². The van der Waals surface area contributed by atoms with Crippen LogP contribution in [0.5, 0.6) is 0 Å². The molecule has 0 spiro atoms. The molecule has 28 aromatic rings. The van der Waals surface area contributed by atoms with Crippen molar-refractivity contribution in [2.75, 3.05) is 9.80 Å². The molecule has 0 aliphatic rings. The standard InChI is InChI=1S/C68H43NOS.C64H39NS2/c1-2-12-44(13-3-1)45-24-32-54(33-25-45)69(55-34-26-46(27-35-55)49-15-10-17-51(40-49)52-31-39-66-63(42-52)59-21-8-9-23-65(59)70-66)56-36-28-47(29-37-56)50-16-11-18-53(41-50)62-43-64-61-38-30-48-14-4-5-19-57(48)67(61)71-68(64)60-22-7-6-20-58(60)62;1-3-16-46-40(13-1)15-11-23-47(46)42-27-32-44(33-28-42)65(45-34-29-43(30-35-45)58-39-59-53-21-9-10-26-61(53)66-64(59)54-22-8-6-19-50(54)58)60-38-37-51(49-18-5-7-20-52(49)60)55-24-12-25-56-57-36-31-41-14-2-4-17-48(41)62(57)67-63(55)56/h1-43H;1-39H/i1D,2D,3D,12D,13D;. The number of benzene rings is 24. The molecule has 0 aliphatic heterocycles. The minimum absolute atomic E-state index is 0.172. The Balaban J connectivity index is 0.000000144. The van der Waals surface area contributed by atoms with Gasteiger partial charge >= 0.3 is 0 Å². The van der Waals surface area contributed by atoms with Crippen molar-refractivity contribution in [1.29, 1.82) is 0 Å². The lowest BCUT2D eigenvalue weighted by molar-refractivity contribution is 0.669. The molecule has 0 saturated heterocycles. The average Bonchev–Trinajstić information content (AvgIpc) is 1.55. The molecule has 4 heterocycles. The van der Waals surface area contributed by atoms with Crippen LogP contribution in [0.1, 0.15) is 6.85 Å². The Morgan fingerprint density at radius 1 is 0.174 bits per heavy atom. The number of anilines is 6. The molecule has 4 aromatic heterocycles. The molecule has 138 heavy (non-hydrogen) atoms. The molecular weight excluding hydrogens is 1730 g/mol. The van der Waals surface area contributed by atoms with E-state index < -0.39 is 6.04 Å². The molecule has 0 saturated carbocycles. The summed E-state index contributed by atoms with van der Waals surface area (Å²) < 4.78 is 56.2. The molecule has 0 radical (unpaired) electrons. The maximum Gasteiger partial charge on any atom is 0.135 e. The molecule has 644 valence electrons. The number of furan rings is 1. The molecule has 0 amide bonds. The largest absolute Gasteiger partial charge is 0.456 e. The highest BCUT2D eigenvalue weighted by Crippen LogP contribution is 2.52. The second-order valence-electron chi connectivity index (χ2n) is 35.6. The van der Waals surface area contributed by atoms with Gasteiger partial charge < -0.3 is 14.2 Å².